The number of hydrazone groups is 1. The number of benzene rings is 2. The highest BCUT2D eigenvalue weighted by Gasteiger charge is 2.25. The van der Waals surface area contributed by atoms with Crippen molar-refractivity contribution in [2.24, 2.45) is 5.10 Å². The van der Waals surface area contributed by atoms with Crippen molar-refractivity contribution >= 4 is 11.6 Å². The summed E-state index contributed by atoms with van der Waals surface area (Å²) in [4.78, 5) is 14.5. The van der Waals surface area contributed by atoms with Crippen molar-refractivity contribution in [3.8, 4) is 5.75 Å². The van der Waals surface area contributed by atoms with E-state index in [1.54, 1.807) is 0 Å². The van der Waals surface area contributed by atoms with Gasteiger partial charge in [-0.1, -0.05) is 42.5 Å². The fraction of sp³-hybridized carbons (Fsp3) is 0.364. The van der Waals surface area contributed by atoms with Crippen LogP contribution in [0.4, 0.5) is 0 Å². The molecular weight excluding hydrogens is 354 g/mol. The molecule has 1 N–H and O–H groups in total. The lowest BCUT2D eigenvalue weighted by atomic mass is 10.0. The van der Waals surface area contributed by atoms with Crippen molar-refractivity contribution in [2.45, 2.75) is 19.9 Å². The van der Waals surface area contributed by atoms with E-state index in [0.717, 1.165) is 29.9 Å². The van der Waals surface area contributed by atoms with Crippen molar-refractivity contribution in [3.05, 3.63) is 65.7 Å². The summed E-state index contributed by atoms with van der Waals surface area (Å²) in [6.45, 7) is 6.91. The van der Waals surface area contributed by atoms with E-state index < -0.39 is 0 Å². The zero-order valence-electron chi connectivity index (χ0n) is 16.4. The summed E-state index contributed by atoms with van der Waals surface area (Å²) in [5.74, 6) is 0.390. The molecule has 3 rings (SSSR count). The average molecular weight is 381 g/mol. The summed E-state index contributed by atoms with van der Waals surface area (Å²) in [6.07, 6.45) is 0. The van der Waals surface area contributed by atoms with Crippen LogP contribution in [0.2, 0.25) is 0 Å². The lowest BCUT2D eigenvalue weighted by Crippen LogP contribution is -2.42. The van der Waals surface area contributed by atoms with Gasteiger partial charge in [0.2, 0.25) is 0 Å². The zero-order chi connectivity index (χ0) is 19.8. The maximum absolute atomic E-state index is 12.2. The molecule has 1 atom stereocenters. The molecule has 148 valence electrons. The van der Waals surface area contributed by atoms with Gasteiger partial charge in [0.1, 0.15) is 5.75 Å². The van der Waals surface area contributed by atoms with Crippen molar-refractivity contribution in [1.82, 2.24) is 10.3 Å². The number of amides is 1. The lowest BCUT2D eigenvalue weighted by molar-refractivity contribution is -0.123. The van der Waals surface area contributed by atoms with E-state index in [0.29, 0.717) is 19.0 Å². The molecule has 0 spiro atoms. The molecule has 0 unspecified atom stereocenters. The molecule has 6 heteroatoms. The smallest absolute Gasteiger partial charge is 0.277 e. The minimum atomic E-state index is -0.283. The maximum Gasteiger partial charge on any atom is 0.277 e. The molecule has 28 heavy (non-hydrogen) atoms. The largest absolute Gasteiger partial charge is 0.484 e. The number of hydrogen-bond acceptors (Lipinski definition) is 5. The van der Waals surface area contributed by atoms with E-state index in [4.69, 9.17) is 9.47 Å². The Balaban J connectivity index is 1.63. The Bertz CT molecular complexity index is 802. The summed E-state index contributed by atoms with van der Waals surface area (Å²) in [5.41, 5.74) is 5.69. The molecule has 2 aromatic rings. The molecule has 1 aliphatic rings. The summed E-state index contributed by atoms with van der Waals surface area (Å²) in [5, 5.41) is 4.36. The second-order valence-electron chi connectivity index (χ2n) is 6.85. The third-order valence-corrected chi connectivity index (χ3v) is 4.64. The number of aryl methyl sites for hydroxylation is 1. The van der Waals surface area contributed by atoms with Gasteiger partial charge in [0, 0.05) is 13.1 Å². The van der Waals surface area contributed by atoms with Crippen LogP contribution in [-0.2, 0) is 9.53 Å². The fourth-order valence-corrected chi connectivity index (χ4v) is 3.29. The van der Waals surface area contributed by atoms with Crippen LogP contribution in [0.5, 0.6) is 5.75 Å². The Labute approximate surface area is 166 Å². The second-order valence-corrected chi connectivity index (χ2v) is 6.85. The van der Waals surface area contributed by atoms with Crippen LogP contribution in [0.25, 0.3) is 0 Å². The Morgan fingerprint density at radius 3 is 2.64 bits per heavy atom. The molecule has 6 nitrogen and oxygen atoms in total. The molecule has 1 fully saturated rings. The second kappa shape index (κ2) is 10.0. The van der Waals surface area contributed by atoms with Crippen LogP contribution in [0.3, 0.4) is 0 Å². The van der Waals surface area contributed by atoms with Crippen LogP contribution >= 0.6 is 0 Å². The van der Waals surface area contributed by atoms with Gasteiger partial charge in [0.15, 0.2) is 6.61 Å². The van der Waals surface area contributed by atoms with Crippen molar-refractivity contribution in [2.75, 3.05) is 32.9 Å². The van der Waals surface area contributed by atoms with Gasteiger partial charge in [-0.05, 0) is 37.1 Å². The standard InChI is InChI=1S/C22H27N3O3/c1-17-7-6-10-20(15-17)28-16-21(26)24-23-18(2)22(19-8-4-3-5-9-19)25-11-13-27-14-12-25/h3-10,15,22H,11-14,16H2,1-2H3,(H,24,26)/b23-18-/t22-/m0/s1. The number of ether oxygens (including phenoxy) is 2. The van der Waals surface area contributed by atoms with E-state index in [-0.39, 0.29) is 18.6 Å². The molecule has 0 saturated carbocycles. The van der Waals surface area contributed by atoms with E-state index >= 15 is 0 Å². The normalized spacial score (nSPS) is 16.4. The quantitative estimate of drug-likeness (QED) is 0.592. The Hall–Kier alpha value is -2.70. The number of morpholine rings is 1. The minimum Gasteiger partial charge on any atom is -0.484 e. The molecule has 2 aromatic carbocycles. The number of carbonyl (C=O) groups is 1. The zero-order valence-corrected chi connectivity index (χ0v) is 16.4. The minimum absolute atomic E-state index is 0.00286. The molecular formula is C22H27N3O3. The predicted octanol–water partition coefficient (Wildman–Crippen LogP) is 2.94. The van der Waals surface area contributed by atoms with Crippen molar-refractivity contribution in [3.63, 3.8) is 0 Å². The van der Waals surface area contributed by atoms with Crippen LogP contribution < -0.4 is 10.2 Å². The first kappa shape index (κ1) is 20.0. The number of rotatable bonds is 7. The van der Waals surface area contributed by atoms with Crippen LogP contribution in [0.1, 0.15) is 24.1 Å². The highest BCUT2D eigenvalue weighted by atomic mass is 16.5. The molecule has 0 radical (unpaired) electrons. The molecule has 0 aliphatic carbocycles. The Kier molecular flexibility index (Phi) is 7.17. The first-order chi connectivity index (χ1) is 13.6. The van der Waals surface area contributed by atoms with Crippen molar-refractivity contribution < 1.29 is 14.3 Å². The molecule has 1 saturated heterocycles. The van der Waals surface area contributed by atoms with Gasteiger partial charge in [0.25, 0.3) is 5.91 Å². The summed E-state index contributed by atoms with van der Waals surface area (Å²) < 4.78 is 11.0. The third-order valence-electron chi connectivity index (χ3n) is 4.64. The predicted molar refractivity (Wildman–Crippen MR) is 110 cm³/mol. The van der Waals surface area contributed by atoms with Crippen LogP contribution in [-0.4, -0.2) is 49.4 Å². The topological polar surface area (TPSA) is 63.2 Å². The summed E-state index contributed by atoms with van der Waals surface area (Å²) >= 11 is 0. The highest BCUT2D eigenvalue weighted by molar-refractivity contribution is 5.90. The van der Waals surface area contributed by atoms with Gasteiger partial charge in [-0.15, -0.1) is 0 Å². The average Bonchev–Trinajstić information content (AvgIpc) is 2.72. The van der Waals surface area contributed by atoms with Gasteiger partial charge < -0.3 is 9.47 Å². The maximum atomic E-state index is 12.2. The molecule has 0 aromatic heterocycles. The summed E-state index contributed by atoms with van der Waals surface area (Å²) in [6, 6.07) is 17.8. The highest BCUT2D eigenvalue weighted by Crippen LogP contribution is 2.23. The van der Waals surface area contributed by atoms with E-state index in [2.05, 4.69) is 27.6 Å². The van der Waals surface area contributed by atoms with E-state index in [1.807, 2.05) is 56.3 Å². The monoisotopic (exact) mass is 381 g/mol. The Morgan fingerprint density at radius 1 is 1.18 bits per heavy atom. The number of nitrogens with zero attached hydrogens (tertiary/aromatic N) is 2. The fourth-order valence-electron chi connectivity index (χ4n) is 3.29. The van der Waals surface area contributed by atoms with Gasteiger partial charge in [-0.2, -0.15) is 5.10 Å². The van der Waals surface area contributed by atoms with E-state index in [9.17, 15) is 4.79 Å². The van der Waals surface area contributed by atoms with E-state index in [1.165, 1.54) is 0 Å². The third kappa shape index (κ3) is 5.65. The molecule has 0 bridgehead atoms. The molecule has 1 aliphatic heterocycles. The first-order valence-electron chi connectivity index (χ1n) is 9.53. The number of hydrogen-bond donors (Lipinski definition) is 1. The molecule has 1 heterocycles. The first-order valence-corrected chi connectivity index (χ1v) is 9.53. The Morgan fingerprint density at radius 2 is 1.93 bits per heavy atom. The number of nitrogens with one attached hydrogen (secondary N) is 1. The lowest BCUT2D eigenvalue weighted by Gasteiger charge is -2.34. The van der Waals surface area contributed by atoms with Gasteiger partial charge in [-0.25, -0.2) is 5.43 Å². The van der Waals surface area contributed by atoms with Gasteiger partial charge >= 0.3 is 0 Å². The summed E-state index contributed by atoms with van der Waals surface area (Å²) in [7, 11) is 0. The van der Waals surface area contributed by atoms with Gasteiger partial charge in [0.05, 0.1) is 25.0 Å². The van der Waals surface area contributed by atoms with Crippen molar-refractivity contribution in [1.29, 1.82) is 0 Å². The SMILES string of the molecule is C/C(=N/NC(=O)COc1cccc(C)c1)[C@@H](c1ccccc1)N1CCOCC1. The van der Waals surface area contributed by atoms with Crippen LogP contribution in [0, 0.1) is 6.92 Å². The molecule has 1 amide bonds. The van der Waals surface area contributed by atoms with Crippen LogP contribution in [0.15, 0.2) is 59.7 Å². The van der Waals surface area contributed by atoms with Gasteiger partial charge in [-0.3, -0.25) is 9.69 Å². The number of carbonyl (C=O) groups excluding carboxylic acids is 1.